The van der Waals surface area contributed by atoms with Crippen LogP contribution in [0.1, 0.15) is 5.56 Å². The Bertz CT molecular complexity index is 670. The summed E-state index contributed by atoms with van der Waals surface area (Å²) in [6.07, 6.45) is -4.15. The predicted octanol–water partition coefficient (Wildman–Crippen LogP) is 5.87. The van der Waals surface area contributed by atoms with E-state index in [1.54, 1.807) is 0 Å². The molecule has 0 aliphatic carbocycles. The van der Waals surface area contributed by atoms with Crippen molar-refractivity contribution >= 4 is 34.8 Å². The zero-order chi connectivity index (χ0) is 15.1. The lowest BCUT2D eigenvalue weighted by molar-refractivity contribution is -0.138. The highest BCUT2D eigenvalue weighted by Gasteiger charge is 2.32. The van der Waals surface area contributed by atoms with E-state index in [4.69, 9.17) is 34.8 Å². The maximum atomic E-state index is 13.8. The van der Waals surface area contributed by atoms with Crippen molar-refractivity contribution in [2.75, 3.05) is 0 Å². The second kappa shape index (κ2) is 5.39. The van der Waals surface area contributed by atoms with Crippen LogP contribution in [0.5, 0.6) is 0 Å². The first kappa shape index (κ1) is 15.4. The van der Waals surface area contributed by atoms with Crippen molar-refractivity contribution in [3.05, 3.63) is 50.8 Å². The van der Waals surface area contributed by atoms with Crippen LogP contribution in [0, 0.1) is 5.82 Å². The molecule has 2 aromatic rings. The molecular formula is C12H4Cl3F4N. The molecule has 8 heteroatoms. The fourth-order valence-electron chi connectivity index (χ4n) is 1.50. The van der Waals surface area contributed by atoms with Crippen LogP contribution in [0.3, 0.4) is 0 Å². The summed E-state index contributed by atoms with van der Waals surface area (Å²) in [6.45, 7) is 0. The van der Waals surface area contributed by atoms with Gasteiger partial charge in [0.05, 0.1) is 20.6 Å². The molecule has 0 unspecified atom stereocenters. The van der Waals surface area contributed by atoms with Crippen LogP contribution in [-0.2, 0) is 6.18 Å². The number of benzene rings is 1. The smallest absolute Gasteiger partial charge is 0.252 e. The van der Waals surface area contributed by atoms with E-state index in [1.165, 1.54) is 12.1 Å². The highest BCUT2D eigenvalue weighted by molar-refractivity contribution is 6.44. The molecule has 1 aromatic carbocycles. The standard InChI is InChI=1S/C12H4Cl3F4N/c13-7-3-9(15)8(14)2-6(7)11-10(16)1-5(4-20-11)12(17,18)19/h1-4H. The Morgan fingerprint density at radius 3 is 2.05 bits per heavy atom. The van der Waals surface area contributed by atoms with Crippen molar-refractivity contribution in [2.45, 2.75) is 6.18 Å². The van der Waals surface area contributed by atoms with E-state index < -0.39 is 17.6 Å². The van der Waals surface area contributed by atoms with Gasteiger partial charge in [-0.05, 0) is 18.2 Å². The lowest BCUT2D eigenvalue weighted by atomic mass is 10.1. The van der Waals surface area contributed by atoms with E-state index in [1.807, 2.05) is 0 Å². The maximum absolute atomic E-state index is 13.8. The minimum absolute atomic E-state index is 0.0329. The number of rotatable bonds is 1. The molecule has 0 bridgehead atoms. The van der Waals surface area contributed by atoms with Crippen LogP contribution in [0.25, 0.3) is 11.3 Å². The molecule has 2 rings (SSSR count). The molecule has 0 aliphatic rings. The summed E-state index contributed by atoms with van der Waals surface area (Å²) in [6, 6.07) is 2.85. The molecule has 0 saturated carbocycles. The van der Waals surface area contributed by atoms with E-state index >= 15 is 0 Å². The molecule has 0 saturated heterocycles. The first-order valence-electron chi connectivity index (χ1n) is 5.08. The van der Waals surface area contributed by atoms with Crippen molar-refractivity contribution in [3.8, 4) is 11.3 Å². The summed E-state index contributed by atoms with van der Waals surface area (Å²) in [5.41, 5.74) is -1.45. The number of hydrogen-bond donors (Lipinski definition) is 0. The molecule has 1 nitrogen and oxygen atoms in total. The molecule has 0 N–H and O–H groups in total. The molecular weight excluding hydrogens is 340 g/mol. The second-order valence-corrected chi connectivity index (χ2v) is 5.02. The third kappa shape index (κ3) is 3.00. The van der Waals surface area contributed by atoms with Crippen LogP contribution < -0.4 is 0 Å². The Hall–Kier alpha value is -1.04. The Balaban J connectivity index is 2.57. The number of aromatic nitrogens is 1. The average molecular weight is 345 g/mol. The maximum Gasteiger partial charge on any atom is 0.417 e. The Labute approximate surface area is 126 Å². The first-order chi connectivity index (χ1) is 9.20. The highest BCUT2D eigenvalue weighted by atomic mass is 35.5. The molecule has 0 spiro atoms. The van der Waals surface area contributed by atoms with Crippen molar-refractivity contribution in [2.24, 2.45) is 0 Å². The summed E-state index contributed by atoms with van der Waals surface area (Å²) >= 11 is 17.4. The summed E-state index contributed by atoms with van der Waals surface area (Å²) in [5.74, 6) is -1.15. The van der Waals surface area contributed by atoms with E-state index in [0.717, 1.165) is 0 Å². The van der Waals surface area contributed by atoms with Gasteiger partial charge >= 0.3 is 6.18 Å². The van der Waals surface area contributed by atoms with Gasteiger partial charge in [0.2, 0.25) is 0 Å². The van der Waals surface area contributed by atoms with Crippen molar-refractivity contribution in [1.29, 1.82) is 0 Å². The van der Waals surface area contributed by atoms with Gasteiger partial charge in [-0.25, -0.2) is 4.39 Å². The SMILES string of the molecule is Fc1cc(C(F)(F)F)cnc1-c1cc(Cl)c(Cl)cc1Cl. The van der Waals surface area contributed by atoms with Gasteiger partial charge in [-0.2, -0.15) is 13.2 Å². The quantitative estimate of drug-likeness (QED) is 0.466. The Kier molecular flexibility index (Phi) is 4.14. The van der Waals surface area contributed by atoms with Crippen LogP contribution >= 0.6 is 34.8 Å². The van der Waals surface area contributed by atoms with Gasteiger partial charge in [-0.3, -0.25) is 4.98 Å². The third-order valence-electron chi connectivity index (χ3n) is 2.43. The fourth-order valence-corrected chi connectivity index (χ4v) is 2.13. The largest absolute Gasteiger partial charge is 0.417 e. The van der Waals surface area contributed by atoms with Crippen LogP contribution in [-0.4, -0.2) is 4.98 Å². The second-order valence-electron chi connectivity index (χ2n) is 3.80. The average Bonchev–Trinajstić information content (AvgIpc) is 2.33. The number of hydrogen-bond acceptors (Lipinski definition) is 1. The van der Waals surface area contributed by atoms with Crippen molar-refractivity contribution < 1.29 is 17.6 Å². The fraction of sp³-hybridized carbons (Fsp3) is 0.0833. The van der Waals surface area contributed by atoms with Crippen LogP contribution in [0.4, 0.5) is 17.6 Å². The molecule has 1 aromatic heterocycles. The van der Waals surface area contributed by atoms with E-state index in [-0.39, 0.29) is 26.3 Å². The Morgan fingerprint density at radius 1 is 0.900 bits per heavy atom. The topological polar surface area (TPSA) is 12.9 Å². The molecule has 0 amide bonds. The molecule has 0 atom stereocenters. The molecule has 106 valence electrons. The number of pyridine rings is 1. The zero-order valence-corrected chi connectivity index (χ0v) is 11.7. The van der Waals surface area contributed by atoms with E-state index in [2.05, 4.69) is 4.98 Å². The van der Waals surface area contributed by atoms with Crippen molar-refractivity contribution in [3.63, 3.8) is 0 Å². The summed E-state index contributed by atoms with van der Waals surface area (Å²) in [4.78, 5) is 3.47. The normalized spacial score (nSPS) is 11.8. The van der Waals surface area contributed by atoms with Gasteiger partial charge in [0, 0.05) is 11.8 Å². The van der Waals surface area contributed by atoms with Crippen LogP contribution in [0.15, 0.2) is 24.4 Å². The monoisotopic (exact) mass is 343 g/mol. The Morgan fingerprint density at radius 2 is 1.50 bits per heavy atom. The van der Waals surface area contributed by atoms with Gasteiger partial charge in [-0.15, -0.1) is 0 Å². The van der Waals surface area contributed by atoms with E-state index in [0.29, 0.717) is 12.3 Å². The van der Waals surface area contributed by atoms with Gasteiger partial charge < -0.3 is 0 Å². The highest BCUT2D eigenvalue weighted by Crippen LogP contribution is 2.37. The van der Waals surface area contributed by atoms with Gasteiger partial charge in [0.1, 0.15) is 11.5 Å². The molecule has 20 heavy (non-hydrogen) atoms. The third-order valence-corrected chi connectivity index (χ3v) is 3.47. The minimum Gasteiger partial charge on any atom is -0.252 e. The zero-order valence-electron chi connectivity index (χ0n) is 9.40. The molecule has 0 radical (unpaired) electrons. The predicted molar refractivity (Wildman–Crippen MR) is 69.7 cm³/mol. The molecule has 0 fully saturated rings. The van der Waals surface area contributed by atoms with Gasteiger partial charge in [-0.1, -0.05) is 34.8 Å². The lowest BCUT2D eigenvalue weighted by Gasteiger charge is -2.10. The summed E-state index contributed by atoms with van der Waals surface area (Å²) < 4.78 is 51.1. The number of alkyl halides is 3. The number of halogens is 7. The van der Waals surface area contributed by atoms with Crippen LogP contribution in [0.2, 0.25) is 15.1 Å². The van der Waals surface area contributed by atoms with E-state index in [9.17, 15) is 17.6 Å². The van der Waals surface area contributed by atoms with Gasteiger partial charge in [0.15, 0.2) is 0 Å². The molecule has 0 aliphatic heterocycles. The minimum atomic E-state index is -4.67. The summed E-state index contributed by atoms with van der Waals surface area (Å²) in [7, 11) is 0. The van der Waals surface area contributed by atoms with Crippen molar-refractivity contribution in [1.82, 2.24) is 4.98 Å². The lowest BCUT2D eigenvalue weighted by Crippen LogP contribution is -2.07. The van der Waals surface area contributed by atoms with Gasteiger partial charge in [0.25, 0.3) is 0 Å². The first-order valence-corrected chi connectivity index (χ1v) is 6.21. The molecule has 1 heterocycles. The number of nitrogens with zero attached hydrogens (tertiary/aromatic N) is 1. The summed E-state index contributed by atoms with van der Waals surface area (Å²) in [5, 5.41) is 0.269.